The second kappa shape index (κ2) is 11.6. The number of hydrogen-bond donors (Lipinski definition) is 3. The molecule has 0 saturated carbocycles. The van der Waals surface area contributed by atoms with E-state index in [4.69, 9.17) is 16.2 Å². The first kappa shape index (κ1) is 29.2. The highest BCUT2D eigenvalue weighted by Crippen LogP contribution is 2.30. The number of carbonyl (C=O) groups is 1. The van der Waals surface area contributed by atoms with Gasteiger partial charge in [-0.25, -0.2) is 22.2 Å². The third-order valence-corrected chi connectivity index (χ3v) is 6.74. The summed E-state index contributed by atoms with van der Waals surface area (Å²) in [6.45, 7) is 1.65. The summed E-state index contributed by atoms with van der Waals surface area (Å²) in [5, 5.41) is 0.925. The normalized spacial score (nSPS) is 11.6. The Bertz CT molecular complexity index is 1700. The molecule has 0 unspecified atom stereocenters. The van der Waals surface area contributed by atoms with Gasteiger partial charge >= 0.3 is 0 Å². The minimum atomic E-state index is -3.84. The van der Waals surface area contributed by atoms with E-state index in [2.05, 4.69) is 14.7 Å². The van der Waals surface area contributed by atoms with Crippen LogP contribution in [0.3, 0.4) is 0 Å². The van der Waals surface area contributed by atoms with Crippen molar-refractivity contribution < 1.29 is 35.0 Å². The zero-order chi connectivity index (χ0) is 28.3. The molecule has 0 aliphatic heterocycles. The number of aromatic amines is 1. The van der Waals surface area contributed by atoms with Crippen LogP contribution in [0.25, 0.3) is 22.2 Å². The summed E-state index contributed by atoms with van der Waals surface area (Å²) in [5.41, 5.74) is 0.474. The summed E-state index contributed by atoms with van der Waals surface area (Å²) in [6, 6.07) is 10.5. The van der Waals surface area contributed by atoms with Crippen molar-refractivity contribution in [3.05, 3.63) is 82.6 Å². The monoisotopic (exact) mass is 585 g/mol. The highest BCUT2D eigenvalue weighted by Gasteiger charge is 2.26. The lowest BCUT2D eigenvalue weighted by atomic mass is 10.00. The molecule has 0 atom stereocenters. The number of rotatable bonds is 7. The van der Waals surface area contributed by atoms with Crippen LogP contribution in [-0.4, -0.2) is 49.1 Å². The molecule has 4 aromatic rings. The lowest BCUT2D eigenvalue weighted by molar-refractivity contribution is 0.103. The van der Waals surface area contributed by atoms with Crippen molar-refractivity contribution in [1.82, 2.24) is 9.97 Å². The summed E-state index contributed by atoms with van der Waals surface area (Å²) >= 11 is 5.93. The quantitative estimate of drug-likeness (QED) is 0.203. The number of carbonyl (C=O) groups excluding carboxylic acids is 1. The number of nitrogens with one attached hydrogen (secondary N) is 2. The van der Waals surface area contributed by atoms with E-state index in [0.29, 0.717) is 34.3 Å². The SMILES string of the molecule is CCCS(=O)(=O)Nc1ccc(F)c(C(=O)c2c[nH]c3ncc(-c4ccc(Cl)cc4)cc23)c1F.CS(=O)(=O)O. The molecular formula is C24H22ClF2N3O6S2. The Kier molecular flexibility index (Phi) is 8.87. The van der Waals surface area contributed by atoms with Gasteiger partial charge in [-0.05, 0) is 42.3 Å². The largest absolute Gasteiger partial charge is 0.345 e. The molecule has 2 aromatic heterocycles. The average molecular weight is 586 g/mol. The third kappa shape index (κ3) is 7.34. The Morgan fingerprint density at radius 1 is 1.08 bits per heavy atom. The van der Waals surface area contributed by atoms with Gasteiger partial charge in [0, 0.05) is 33.9 Å². The molecule has 0 spiro atoms. The Hall–Kier alpha value is -3.39. The van der Waals surface area contributed by atoms with Gasteiger partial charge in [0.2, 0.25) is 15.8 Å². The van der Waals surface area contributed by atoms with Crippen LogP contribution in [-0.2, 0) is 20.1 Å². The molecule has 3 N–H and O–H groups in total. The third-order valence-electron chi connectivity index (χ3n) is 5.01. The van der Waals surface area contributed by atoms with E-state index in [1.54, 1.807) is 43.5 Å². The number of nitrogens with zero attached hydrogens (tertiary/aromatic N) is 1. The number of ketones is 1. The molecule has 14 heteroatoms. The Balaban J connectivity index is 0.000000732. The van der Waals surface area contributed by atoms with Crippen LogP contribution in [0, 0.1) is 11.6 Å². The van der Waals surface area contributed by atoms with Crippen LogP contribution in [0.2, 0.25) is 5.02 Å². The van der Waals surface area contributed by atoms with Gasteiger partial charge < -0.3 is 4.98 Å². The number of pyridine rings is 1. The first-order valence-electron chi connectivity index (χ1n) is 10.9. The van der Waals surface area contributed by atoms with Crippen molar-refractivity contribution in [2.24, 2.45) is 0 Å². The van der Waals surface area contributed by atoms with E-state index in [-0.39, 0.29) is 11.3 Å². The smallest absolute Gasteiger partial charge is 0.261 e. The van der Waals surface area contributed by atoms with Gasteiger partial charge in [-0.3, -0.25) is 14.1 Å². The summed E-state index contributed by atoms with van der Waals surface area (Å²) in [6.07, 6.45) is 3.94. The fourth-order valence-corrected chi connectivity index (χ4v) is 4.71. The standard InChI is InChI=1S/C23H18ClF2N3O3S.CH4O3S/c1-2-9-33(31,32)29-19-8-7-18(25)20(21(19)26)22(30)17-12-28-23-16(17)10-14(11-27-23)13-3-5-15(24)6-4-13;1-5(2,3)4/h3-8,10-12,29H,2,9H2,1H3,(H,27,28);1H3,(H,2,3,4). The van der Waals surface area contributed by atoms with Gasteiger partial charge in [-0.1, -0.05) is 30.7 Å². The van der Waals surface area contributed by atoms with Gasteiger partial charge in [-0.2, -0.15) is 8.42 Å². The Morgan fingerprint density at radius 2 is 1.71 bits per heavy atom. The summed E-state index contributed by atoms with van der Waals surface area (Å²) in [4.78, 5) is 20.3. The summed E-state index contributed by atoms with van der Waals surface area (Å²) in [7, 11) is -7.51. The van der Waals surface area contributed by atoms with Crippen LogP contribution in [0.4, 0.5) is 14.5 Å². The molecule has 0 fully saturated rings. The molecule has 0 saturated heterocycles. The molecule has 38 heavy (non-hydrogen) atoms. The van der Waals surface area contributed by atoms with Gasteiger partial charge in [-0.15, -0.1) is 0 Å². The van der Waals surface area contributed by atoms with Gasteiger partial charge in [0.1, 0.15) is 11.5 Å². The predicted octanol–water partition coefficient (Wildman–Crippen LogP) is 5.05. The molecular weight excluding hydrogens is 564 g/mol. The van der Waals surface area contributed by atoms with Crippen molar-refractivity contribution >= 4 is 54.2 Å². The minimum absolute atomic E-state index is 0.000297. The molecule has 4 rings (SSSR count). The number of H-pyrrole nitrogens is 1. The maximum Gasteiger partial charge on any atom is 0.261 e. The van der Waals surface area contributed by atoms with Crippen LogP contribution in [0.1, 0.15) is 29.3 Å². The number of hydrogen-bond acceptors (Lipinski definition) is 6. The van der Waals surface area contributed by atoms with Crippen LogP contribution in [0.15, 0.2) is 54.9 Å². The molecule has 9 nitrogen and oxygen atoms in total. The topological polar surface area (TPSA) is 146 Å². The number of aromatic nitrogens is 2. The van der Waals surface area contributed by atoms with Crippen molar-refractivity contribution in [3.8, 4) is 11.1 Å². The molecule has 0 bridgehead atoms. The van der Waals surface area contributed by atoms with E-state index in [1.165, 1.54) is 6.20 Å². The molecule has 202 valence electrons. The van der Waals surface area contributed by atoms with Crippen molar-refractivity contribution in [3.63, 3.8) is 0 Å². The maximum atomic E-state index is 15.1. The first-order chi connectivity index (χ1) is 17.7. The Morgan fingerprint density at radius 3 is 2.32 bits per heavy atom. The van der Waals surface area contributed by atoms with Crippen molar-refractivity contribution in [2.45, 2.75) is 13.3 Å². The highest BCUT2D eigenvalue weighted by molar-refractivity contribution is 7.92. The zero-order valence-corrected chi connectivity index (χ0v) is 22.4. The van der Waals surface area contributed by atoms with E-state index in [9.17, 15) is 26.0 Å². The van der Waals surface area contributed by atoms with E-state index in [0.717, 1.165) is 17.7 Å². The molecule has 0 aliphatic rings. The van der Waals surface area contributed by atoms with Crippen LogP contribution in [0.5, 0.6) is 0 Å². The van der Waals surface area contributed by atoms with Crippen molar-refractivity contribution in [2.75, 3.05) is 16.7 Å². The molecule has 2 heterocycles. The maximum absolute atomic E-state index is 15.1. The lowest BCUT2D eigenvalue weighted by Crippen LogP contribution is -2.18. The lowest BCUT2D eigenvalue weighted by Gasteiger charge is -2.11. The van der Waals surface area contributed by atoms with E-state index in [1.807, 2.05) is 0 Å². The van der Waals surface area contributed by atoms with Crippen molar-refractivity contribution in [1.29, 1.82) is 0 Å². The summed E-state index contributed by atoms with van der Waals surface area (Å²) < 4.78 is 81.7. The van der Waals surface area contributed by atoms with Gasteiger partial charge in [0.25, 0.3) is 10.1 Å². The van der Waals surface area contributed by atoms with Gasteiger partial charge in [0.15, 0.2) is 5.82 Å². The molecule has 2 aromatic carbocycles. The number of halogens is 3. The van der Waals surface area contributed by atoms with Crippen LogP contribution < -0.4 is 4.72 Å². The number of benzene rings is 2. The molecule has 0 amide bonds. The highest BCUT2D eigenvalue weighted by atomic mass is 35.5. The minimum Gasteiger partial charge on any atom is -0.345 e. The number of fused-ring (bicyclic) bond motifs is 1. The summed E-state index contributed by atoms with van der Waals surface area (Å²) in [5.74, 6) is -3.57. The average Bonchev–Trinajstić information content (AvgIpc) is 3.23. The number of sulfonamides is 1. The fourth-order valence-electron chi connectivity index (χ4n) is 3.45. The number of anilines is 1. The van der Waals surface area contributed by atoms with Crippen LogP contribution >= 0.6 is 11.6 Å². The van der Waals surface area contributed by atoms with E-state index < -0.39 is 48.8 Å². The zero-order valence-electron chi connectivity index (χ0n) is 20.0. The molecule has 0 radical (unpaired) electrons. The molecule has 0 aliphatic carbocycles. The van der Waals surface area contributed by atoms with E-state index >= 15 is 4.39 Å². The second-order valence-electron chi connectivity index (χ2n) is 8.10. The Labute approximate surface area is 222 Å². The first-order valence-corrected chi connectivity index (χ1v) is 14.8. The van der Waals surface area contributed by atoms with Gasteiger partial charge in [0.05, 0.1) is 23.3 Å². The second-order valence-corrected chi connectivity index (χ2v) is 11.8. The predicted molar refractivity (Wildman–Crippen MR) is 142 cm³/mol. The fraction of sp³-hybridized carbons (Fsp3) is 0.167.